The summed E-state index contributed by atoms with van der Waals surface area (Å²) >= 11 is 0. The first-order chi connectivity index (χ1) is 12.5. The number of halogens is 1. The summed E-state index contributed by atoms with van der Waals surface area (Å²) in [6, 6.07) is 4.62. The molecule has 0 aliphatic carbocycles. The van der Waals surface area contributed by atoms with E-state index in [0.717, 1.165) is 6.41 Å². The van der Waals surface area contributed by atoms with Crippen LogP contribution in [0.5, 0.6) is 0 Å². The summed E-state index contributed by atoms with van der Waals surface area (Å²) in [7, 11) is 0. The number of amides is 3. The smallest absolute Gasteiger partial charge is 0.414 e. The maximum Gasteiger partial charge on any atom is 0.414 e. The summed E-state index contributed by atoms with van der Waals surface area (Å²) < 4.78 is 19.8. The molecule has 1 N–H and O–H groups in total. The average Bonchev–Trinajstić information content (AvgIpc) is 3.01. The van der Waals surface area contributed by atoms with Crippen LogP contribution in [0, 0.1) is 5.82 Å². The number of piperazine rings is 1. The van der Waals surface area contributed by atoms with Gasteiger partial charge in [-0.2, -0.15) is 0 Å². The van der Waals surface area contributed by atoms with Gasteiger partial charge in [0.25, 0.3) is 0 Å². The Kier molecular flexibility index (Phi) is 5.24. The van der Waals surface area contributed by atoms with Crippen molar-refractivity contribution in [2.24, 2.45) is 0 Å². The van der Waals surface area contributed by atoms with Crippen LogP contribution in [0.4, 0.5) is 20.6 Å². The maximum atomic E-state index is 14.6. The summed E-state index contributed by atoms with van der Waals surface area (Å²) in [5.41, 5.74) is 0.856. The summed E-state index contributed by atoms with van der Waals surface area (Å²) in [5, 5.41) is 2.60. The van der Waals surface area contributed by atoms with E-state index in [1.807, 2.05) is 4.90 Å². The van der Waals surface area contributed by atoms with Gasteiger partial charge >= 0.3 is 6.09 Å². The minimum Gasteiger partial charge on any atom is -0.442 e. The van der Waals surface area contributed by atoms with Crippen LogP contribution in [0.3, 0.4) is 0 Å². The largest absolute Gasteiger partial charge is 0.442 e. The maximum absolute atomic E-state index is 14.6. The standard InChI is InChI=1S/C17H21FN4O4/c1-12(24)19-9-14-10-22(17(25)26-14)13-2-3-16(15(18)8-13)21-6-4-20(11-23)5-7-21/h2-3,8,11,14H,4-7,9-10H2,1H3,(H,19,24)/t14-/m0/s1. The van der Waals surface area contributed by atoms with Gasteiger partial charge < -0.3 is 19.9 Å². The molecule has 1 aromatic rings. The fraction of sp³-hybridized carbons (Fsp3) is 0.471. The summed E-state index contributed by atoms with van der Waals surface area (Å²) in [4.78, 5) is 38.6. The quantitative estimate of drug-likeness (QED) is 0.773. The van der Waals surface area contributed by atoms with Crippen molar-refractivity contribution in [2.45, 2.75) is 13.0 Å². The Hall–Kier alpha value is -2.84. The molecule has 2 aliphatic heterocycles. The SMILES string of the molecule is CC(=O)NC[C@H]1CN(c2ccc(N3CCN(C=O)CC3)c(F)c2)C(=O)O1. The minimum atomic E-state index is -0.563. The Bertz CT molecular complexity index is 706. The molecule has 26 heavy (non-hydrogen) atoms. The number of nitrogens with one attached hydrogen (secondary N) is 1. The molecular formula is C17H21FN4O4. The highest BCUT2D eigenvalue weighted by molar-refractivity contribution is 5.90. The van der Waals surface area contributed by atoms with E-state index in [2.05, 4.69) is 5.32 Å². The lowest BCUT2D eigenvalue weighted by molar-refractivity contribution is -0.119. The Balaban J connectivity index is 1.67. The highest BCUT2D eigenvalue weighted by atomic mass is 19.1. The number of nitrogens with zero attached hydrogens (tertiary/aromatic N) is 3. The number of carbonyl (C=O) groups is 3. The van der Waals surface area contributed by atoms with Crippen LogP contribution in [0.2, 0.25) is 0 Å². The van der Waals surface area contributed by atoms with Gasteiger partial charge in [-0.3, -0.25) is 14.5 Å². The van der Waals surface area contributed by atoms with Gasteiger partial charge in [-0.1, -0.05) is 0 Å². The number of hydrogen-bond acceptors (Lipinski definition) is 5. The Morgan fingerprint density at radius 2 is 2.08 bits per heavy atom. The topological polar surface area (TPSA) is 82.2 Å². The molecular weight excluding hydrogens is 343 g/mol. The Morgan fingerprint density at radius 1 is 1.35 bits per heavy atom. The molecule has 0 unspecified atom stereocenters. The summed E-state index contributed by atoms with van der Waals surface area (Å²) in [5.74, 6) is -0.635. The van der Waals surface area contributed by atoms with Gasteiger partial charge in [-0.15, -0.1) is 0 Å². The van der Waals surface area contributed by atoms with E-state index in [0.29, 0.717) is 37.6 Å². The number of carbonyl (C=O) groups excluding carboxylic acids is 3. The second kappa shape index (κ2) is 7.59. The van der Waals surface area contributed by atoms with Crippen LogP contribution in [0.25, 0.3) is 0 Å². The highest BCUT2D eigenvalue weighted by Crippen LogP contribution is 2.28. The molecule has 9 heteroatoms. The van der Waals surface area contributed by atoms with Crippen LogP contribution in [0.15, 0.2) is 18.2 Å². The molecule has 8 nitrogen and oxygen atoms in total. The second-order valence-corrected chi connectivity index (χ2v) is 6.32. The molecule has 3 rings (SSSR count). The first-order valence-corrected chi connectivity index (χ1v) is 8.44. The predicted molar refractivity (Wildman–Crippen MR) is 92.5 cm³/mol. The van der Waals surface area contributed by atoms with Gasteiger partial charge in [-0.25, -0.2) is 9.18 Å². The molecule has 0 bridgehead atoms. The third kappa shape index (κ3) is 3.87. The fourth-order valence-electron chi connectivity index (χ4n) is 3.08. The van der Waals surface area contributed by atoms with Crippen LogP contribution in [0.1, 0.15) is 6.92 Å². The number of anilines is 2. The van der Waals surface area contributed by atoms with E-state index in [-0.39, 0.29) is 19.0 Å². The van der Waals surface area contributed by atoms with Crippen molar-refractivity contribution >= 4 is 29.8 Å². The zero-order valence-corrected chi connectivity index (χ0v) is 14.5. The van der Waals surface area contributed by atoms with Crippen LogP contribution < -0.4 is 15.1 Å². The van der Waals surface area contributed by atoms with Gasteiger partial charge in [0.2, 0.25) is 12.3 Å². The molecule has 2 saturated heterocycles. The second-order valence-electron chi connectivity index (χ2n) is 6.32. The van der Waals surface area contributed by atoms with Gasteiger partial charge in [0.05, 0.1) is 24.5 Å². The molecule has 1 aromatic carbocycles. The molecule has 1 atom stereocenters. The lowest BCUT2D eigenvalue weighted by Crippen LogP contribution is -2.46. The highest BCUT2D eigenvalue weighted by Gasteiger charge is 2.33. The molecule has 140 valence electrons. The average molecular weight is 364 g/mol. The Labute approximate surface area is 150 Å². The van der Waals surface area contributed by atoms with Crippen molar-refractivity contribution in [3.63, 3.8) is 0 Å². The number of ether oxygens (including phenoxy) is 1. The first kappa shape index (κ1) is 18.0. The van der Waals surface area contributed by atoms with E-state index < -0.39 is 18.0 Å². The van der Waals surface area contributed by atoms with Gasteiger partial charge in [0.1, 0.15) is 11.9 Å². The van der Waals surface area contributed by atoms with E-state index >= 15 is 0 Å². The van der Waals surface area contributed by atoms with E-state index in [1.165, 1.54) is 17.9 Å². The van der Waals surface area contributed by atoms with Crippen LogP contribution in [-0.2, 0) is 14.3 Å². The van der Waals surface area contributed by atoms with Crippen molar-refractivity contribution in [1.82, 2.24) is 10.2 Å². The predicted octanol–water partition coefficient (Wildman–Crippen LogP) is 0.565. The summed E-state index contributed by atoms with van der Waals surface area (Å²) in [6.07, 6.45) is -0.231. The molecule has 0 aromatic heterocycles. The van der Waals surface area contributed by atoms with Crippen molar-refractivity contribution in [3.05, 3.63) is 24.0 Å². The normalized spacial score (nSPS) is 20.2. The lowest BCUT2D eigenvalue weighted by atomic mass is 10.2. The van der Waals surface area contributed by atoms with Crippen LogP contribution in [-0.4, -0.2) is 68.7 Å². The van der Waals surface area contributed by atoms with E-state index in [4.69, 9.17) is 4.74 Å². The summed E-state index contributed by atoms with van der Waals surface area (Å²) in [6.45, 7) is 4.06. The van der Waals surface area contributed by atoms with Gasteiger partial charge in [0.15, 0.2) is 0 Å². The minimum absolute atomic E-state index is 0.204. The van der Waals surface area contributed by atoms with E-state index in [9.17, 15) is 18.8 Å². The van der Waals surface area contributed by atoms with Gasteiger partial charge in [-0.05, 0) is 18.2 Å². The third-order valence-corrected chi connectivity index (χ3v) is 4.50. The number of hydrogen-bond donors (Lipinski definition) is 1. The third-order valence-electron chi connectivity index (χ3n) is 4.50. The van der Waals surface area contributed by atoms with Gasteiger partial charge in [0, 0.05) is 33.1 Å². The molecule has 2 fully saturated rings. The number of benzene rings is 1. The van der Waals surface area contributed by atoms with Crippen molar-refractivity contribution in [1.29, 1.82) is 0 Å². The zero-order valence-electron chi connectivity index (χ0n) is 14.5. The van der Waals surface area contributed by atoms with Crippen molar-refractivity contribution in [3.8, 4) is 0 Å². The number of cyclic esters (lactones) is 1. The Morgan fingerprint density at radius 3 is 2.69 bits per heavy atom. The van der Waals surface area contributed by atoms with Crippen molar-refractivity contribution < 1.29 is 23.5 Å². The first-order valence-electron chi connectivity index (χ1n) is 8.44. The molecule has 0 spiro atoms. The number of rotatable bonds is 5. The zero-order chi connectivity index (χ0) is 18.7. The van der Waals surface area contributed by atoms with Crippen LogP contribution >= 0.6 is 0 Å². The molecule has 0 saturated carbocycles. The van der Waals surface area contributed by atoms with E-state index in [1.54, 1.807) is 17.0 Å². The molecule has 2 aliphatic rings. The lowest BCUT2D eigenvalue weighted by Gasteiger charge is -2.34. The van der Waals surface area contributed by atoms with Crippen molar-refractivity contribution in [2.75, 3.05) is 49.1 Å². The fourth-order valence-corrected chi connectivity index (χ4v) is 3.08. The molecule has 3 amide bonds. The molecule has 0 radical (unpaired) electrons. The molecule has 2 heterocycles. The monoisotopic (exact) mass is 364 g/mol.